The molecular weight excluding hydrogens is 549 g/mol. The van der Waals surface area contributed by atoms with Crippen molar-refractivity contribution in [1.29, 1.82) is 0 Å². The van der Waals surface area contributed by atoms with Crippen LogP contribution in [0, 0.1) is 5.82 Å². The Morgan fingerprint density at radius 2 is 1.62 bits per heavy atom. The number of rotatable bonds is 8. The number of hydrogen-bond donors (Lipinski definition) is 3. The number of amides is 1. The van der Waals surface area contributed by atoms with Crippen LogP contribution < -0.4 is 10.1 Å². The molecule has 0 aliphatic carbocycles. The number of carboxylic acid groups (broad SMARTS) is 1. The fourth-order valence-electron chi connectivity index (χ4n) is 2.93. The summed E-state index contributed by atoms with van der Waals surface area (Å²) in [5.74, 6) is -1.26. The van der Waals surface area contributed by atoms with Crippen LogP contribution in [-0.4, -0.2) is 28.6 Å². The molecule has 3 N–H and O–H groups in total. The quantitative estimate of drug-likeness (QED) is 0.337. The maximum Gasteiger partial charge on any atom is 0.307 e. The van der Waals surface area contributed by atoms with Crippen LogP contribution >= 0.6 is 31.9 Å². The molecule has 0 spiro atoms. The molecule has 32 heavy (non-hydrogen) atoms. The Morgan fingerprint density at radius 1 is 0.969 bits per heavy atom. The third kappa shape index (κ3) is 6.30. The minimum absolute atomic E-state index is 0.0383. The van der Waals surface area contributed by atoms with Crippen LogP contribution in [0.5, 0.6) is 17.2 Å². The second-order valence-electron chi connectivity index (χ2n) is 6.87. The predicted molar refractivity (Wildman–Crippen MR) is 124 cm³/mol. The molecule has 0 heterocycles. The molecule has 0 unspecified atom stereocenters. The van der Waals surface area contributed by atoms with Crippen molar-refractivity contribution in [3.63, 3.8) is 0 Å². The molecule has 3 aromatic rings. The van der Waals surface area contributed by atoms with E-state index in [9.17, 15) is 19.1 Å². The molecule has 0 aliphatic heterocycles. The lowest BCUT2D eigenvalue weighted by Crippen LogP contribution is -2.25. The van der Waals surface area contributed by atoms with Gasteiger partial charge in [0.1, 0.15) is 17.3 Å². The van der Waals surface area contributed by atoms with Crippen molar-refractivity contribution in [2.45, 2.75) is 12.8 Å². The highest BCUT2D eigenvalue weighted by atomic mass is 79.9. The average Bonchev–Trinajstić information content (AvgIpc) is 2.72. The standard InChI is InChI=1S/C23H18Br2FNO5/c24-18-9-14(11-21(29)30)10-19(25)22(18)32-16-5-6-20(28)17(12-16)23(31)27-8-7-13-1-3-15(26)4-2-13/h1-6,9-10,12,28H,7-8,11H2,(H,27,31)(H,29,30). The van der Waals surface area contributed by atoms with Crippen molar-refractivity contribution in [1.82, 2.24) is 5.32 Å². The minimum Gasteiger partial charge on any atom is -0.507 e. The number of phenolic OH excluding ortho intramolecular Hbond substituents is 1. The van der Waals surface area contributed by atoms with Gasteiger partial charge in [-0.15, -0.1) is 0 Å². The first-order chi connectivity index (χ1) is 15.2. The summed E-state index contributed by atoms with van der Waals surface area (Å²) in [6.07, 6.45) is 0.366. The van der Waals surface area contributed by atoms with Crippen LogP contribution in [0.3, 0.4) is 0 Å². The lowest BCUT2D eigenvalue weighted by molar-refractivity contribution is -0.136. The van der Waals surface area contributed by atoms with E-state index in [1.165, 1.54) is 30.3 Å². The molecule has 0 aromatic heterocycles. The number of aliphatic carboxylic acids is 1. The molecule has 0 fully saturated rings. The number of halogens is 3. The second-order valence-corrected chi connectivity index (χ2v) is 8.58. The summed E-state index contributed by atoms with van der Waals surface area (Å²) in [7, 11) is 0. The van der Waals surface area contributed by atoms with E-state index in [1.54, 1.807) is 24.3 Å². The maximum atomic E-state index is 13.0. The molecule has 0 aliphatic rings. The molecule has 6 nitrogen and oxygen atoms in total. The topological polar surface area (TPSA) is 95.9 Å². The number of aromatic hydroxyl groups is 1. The van der Waals surface area contributed by atoms with Crippen molar-refractivity contribution >= 4 is 43.7 Å². The van der Waals surface area contributed by atoms with Crippen molar-refractivity contribution in [3.8, 4) is 17.2 Å². The lowest BCUT2D eigenvalue weighted by atomic mass is 10.1. The summed E-state index contributed by atoms with van der Waals surface area (Å²) in [5.41, 5.74) is 1.49. The maximum absolute atomic E-state index is 13.0. The van der Waals surface area contributed by atoms with E-state index >= 15 is 0 Å². The van der Waals surface area contributed by atoms with E-state index in [1.807, 2.05) is 0 Å². The van der Waals surface area contributed by atoms with E-state index < -0.39 is 11.9 Å². The van der Waals surface area contributed by atoms with Crippen LogP contribution in [0.2, 0.25) is 0 Å². The van der Waals surface area contributed by atoms with Gasteiger partial charge >= 0.3 is 5.97 Å². The molecule has 3 aromatic carbocycles. The summed E-state index contributed by atoms with van der Waals surface area (Å²) < 4.78 is 19.9. The molecule has 1 amide bonds. The molecule has 0 saturated carbocycles. The Balaban J connectivity index is 1.70. The first kappa shape index (κ1) is 23.7. The van der Waals surface area contributed by atoms with Gasteiger partial charge in [-0.2, -0.15) is 0 Å². The predicted octanol–water partition coefficient (Wildman–Crippen LogP) is 5.45. The highest BCUT2D eigenvalue weighted by molar-refractivity contribution is 9.11. The number of carboxylic acids is 1. The molecule has 3 rings (SSSR count). The monoisotopic (exact) mass is 565 g/mol. The van der Waals surface area contributed by atoms with E-state index in [0.717, 1.165) is 5.56 Å². The number of phenols is 1. The van der Waals surface area contributed by atoms with Crippen molar-refractivity contribution in [3.05, 3.63) is 86.1 Å². The lowest BCUT2D eigenvalue weighted by Gasteiger charge is -2.13. The van der Waals surface area contributed by atoms with Gasteiger partial charge < -0.3 is 20.3 Å². The summed E-state index contributed by atoms with van der Waals surface area (Å²) in [6.45, 7) is 0.303. The van der Waals surface area contributed by atoms with Crippen LogP contribution in [-0.2, 0) is 17.6 Å². The smallest absolute Gasteiger partial charge is 0.307 e. The normalized spacial score (nSPS) is 10.6. The number of carbonyl (C=O) groups excluding carboxylic acids is 1. The highest BCUT2D eigenvalue weighted by Crippen LogP contribution is 2.38. The largest absolute Gasteiger partial charge is 0.507 e. The van der Waals surface area contributed by atoms with Gasteiger partial charge in [0.15, 0.2) is 5.75 Å². The molecule has 0 bridgehead atoms. The Morgan fingerprint density at radius 3 is 2.25 bits per heavy atom. The van der Waals surface area contributed by atoms with E-state index in [0.29, 0.717) is 39.0 Å². The van der Waals surface area contributed by atoms with Crippen molar-refractivity contribution in [2.24, 2.45) is 0 Å². The zero-order chi connectivity index (χ0) is 23.3. The van der Waals surface area contributed by atoms with Crippen LogP contribution in [0.15, 0.2) is 63.5 Å². The fourth-order valence-corrected chi connectivity index (χ4v) is 4.37. The van der Waals surface area contributed by atoms with E-state index in [2.05, 4.69) is 37.2 Å². The number of ether oxygens (including phenoxy) is 1. The molecular formula is C23H18Br2FNO5. The van der Waals surface area contributed by atoms with Gasteiger partial charge in [0.25, 0.3) is 5.91 Å². The second kappa shape index (κ2) is 10.6. The third-order valence-electron chi connectivity index (χ3n) is 4.46. The average molecular weight is 567 g/mol. The fraction of sp³-hybridized carbons (Fsp3) is 0.130. The zero-order valence-corrected chi connectivity index (χ0v) is 19.7. The van der Waals surface area contributed by atoms with E-state index in [-0.39, 0.29) is 23.6 Å². The number of carbonyl (C=O) groups is 2. The number of hydrogen-bond acceptors (Lipinski definition) is 4. The summed E-state index contributed by atoms with van der Waals surface area (Å²) in [5, 5.41) is 21.8. The molecule has 166 valence electrons. The van der Waals surface area contributed by atoms with Gasteiger partial charge in [-0.1, -0.05) is 12.1 Å². The third-order valence-corrected chi connectivity index (χ3v) is 5.64. The zero-order valence-electron chi connectivity index (χ0n) is 16.6. The van der Waals surface area contributed by atoms with Crippen molar-refractivity contribution in [2.75, 3.05) is 6.54 Å². The number of benzene rings is 3. The van der Waals surface area contributed by atoms with Gasteiger partial charge in [-0.3, -0.25) is 9.59 Å². The Labute approximate surface area is 200 Å². The van der Waals surface area contributed by atoms with E-state index in [4.69, 9.17) is 9.84 Å². The molecule has 0 radical (unpaired) electrons. The molecule has 0 saturated heterocycles. The summed E-state index contributed by atoms with van der Waals surface area (Å²) >= 11 is 6.74. The Hall–Kier alpha value is -2.91. The molecule has 0 atom stereocenters. The van der Waals surface area contributed by atoms with Crippen molar-refractivity contribution < 1.29 is 28.9 Å². The van der Waals surface area contributed by atoms with Gasteiger partial charge in [0.2, 0.25) is 0 Å². The number of nitrogens with one attached hydrogen (secondary N) is 1. The van der Waals surface area contributed by atoms with Gasteiger partial charge in [0, 0.05) is 6.54 Å². The van der Waals surface area contributed by atoms with Gasteiger partial charge in [-0.05, 0) is 91.9 Å². The highest BCUT2D eigenvalue weighted by Gasteiger charge is 2.16. The van der Waals surface area contributed by atoms with Crippen LogP contribution in [0.25, 0.3) is 0 Å². The Kier molecular flexibility index (Phi) is 7.87. The SMILES string of the molecule is O=C(O)Cc1cc(Br)c(Oc2ccc(O)c(C(=O)NCCc3ccc(F)cc3)c2)c(Br)c1. The van der Waals surface area contributed by atoms with Crippen LogP contribution in [0.4, 0.5) is 4.39 Å². The minimum atomic E-state index is -0.953. The van der Waals surface area contributed by atoms with Gasteiger partial charge in [0.05, 0.1) is 20.9 Å². The summed E-state index contributed by atoms with van der Waals surface area (Å²) in [4.78, 5) is 23.5. The van der Waals surface area contributed by atoms with Gasteiger partial charge in [-0.25, -0.2) is 4.39 Å². The van der Waals surface area contributed by atoms with Crippen LogP contribution in [0.1, 0.15) is 21.5 Å². The first-order valence-electron chi connectivity index (χ1n) is 9.46. The first-order valence-corrected chi connectivity index (χ1v) is 11.0. The molecule has 9 heteroatoms. The summed E-state index contributed by atoms with van der Waals surface area (Å²) in [6, 6.07) is 13.5. The Bertz CT molecular complexity index is 1130.